The van der Waals surface area contributed by atoms with Gasteiger partial charge in [0, 0.05) is 30.6 Å². The number of carboxylic acid groups (broad SMARTS) is 1. The molecule has 1 aromatic carbocycles. The van der Waals surface area contributed by atoms with Crippen LogP contribution in [-0.2, 0) is 11.0 Å². The van der Waals surface area contributed by atoms with E-state index in [9.17, 15) is 22.8 Å². The highest BCUT2D eigenvalue weighted by Crippen LogP contribution is 2.35. The Morgan fingerprint density at radius 3 is 2.35 bits per heavy atom. The van der Waals surface area contributed by atoms with E-state index in [1.54, 1.807) is 16.7 Å². The van der Waals surface area contributed by atoms with Crippen LogP contribution >= 0.6 is 34.9 Å². The lowest BCUT2D eigenvalue weighted by molar-refractivity contribution is -0.138. The normalized spacial score (nSPS) is 14.4. The Labute approximate surface area is 221 Å². The number of carboxylic acids is 1. The Balaban J connectivity index is 1.21. The van der Waals surface area contributed by atoms with Crippen LogP contribution in [0.3, 0.4) is 0 Å². The first kappa shape index (κ1) is 27.0. The molecule has 3 heterocycles. The summed E-state index contributed by atoms with van der Waals surface area (Å²) in [5.74, 6) is -0.345. The lowest BCUT2D eigenvalue weighted by Crippen LogP contribution is -2.40. The van der Waals surface area contributed by atoms with Crippen LogP contribution in [0.5, 0.6) is 17.4 Å². The van der Waals surface area contributed by atoms with Gasteiger partial charge < -0.3 is 19.5 Å². The van der Waals surface area contributed by atoms with E-state index in [-0.39, 0.29) is 16.9 Å². The summed E-state index contributed by atoms with van der Waals surface area (Å²) in [7, 11) is 0. The number of alkyl halides is 3. The molecule has 0 atom stereocenters. The zero-order chi connectivity index (χ0) is 26.4. The van der Waals surface area contributed by atoms with E-state index < -0.39 is 23.8 Å². The molecule has 9 nitrogen and oxygen atoms in total. The fourth-order valence-electron chi connectivity index (χ4n) is 3.20. The maximum absolute atomic E-state index is 12.6. The van der Waals surface area contributed by atoms with Crippen LogP contribution in [0, 0.1) is 0 Å². The van der Waals surface area contributed by atoms with Crippen molar-refractivity contribution in [3.05, 3.63) is 48.2 Å². The van der Waals surface area contributed by atoms with E-state index in [0.29, 0.717) is 35.1 Å². The van der Waals surface area contributed by atoms with Crippen molar-refractivity contribution in [2.75, 3.05) is 18.8 Å². The summed E-state index contributed by atoms with van der Waals surface area (Å²) in [6, 6.07) is 8.10. The van der Waals surface area contributed by atoms with Crippen LogP contribution < -0.4 is 9.47 Å². The summed E-state index contributed by atoms with van der Waals surface area (Å²) in [5, 5.41) is 17.1. The van der Waals surface area contributed by atoms with Crippen molar-refractivity contribution in [2.45, 2.75) is 32.9 Å². The van der Waals surface area contributed by atoms with E-state index in [1.807, 2.05) is 0 Å². The number of amides is 1. The molecule has 15 heteroatoms. The molecule has 1 aliphatic rings. The Bertz CT molecular complexity index is 1220. The highest BCUT2D eigenvalue weighted by atomic mass is 32.2. The second-order valence-electron chi connectivity index (χ2n) is 7.64. The number of nitrogens with zero attached hydrogens (tertiary/aromatic N) is 4. The first-order valence-electron chi connectivity index (χ1n) is 10.8. The summed E-state index contributed by atoms with van der Waals surface area (Å²) in [6.45, 7) is 1.02. The maximum atomic E-state index is 12.6. The number of aliphatic carboxylic acids is 1. The number of carbonyl (C=O) groups excluding carboxylic acids is 1. The third kappa shape index (κ3) is 7.97. The molecule has 2 aromatic heterocycles. The molecule has 1 aliphatic heterocycles. The van der Waals surface area contributed by atoms with Crippen molar-refractivity contribution in [1.29, 1.82) is 0 Å². The maximum Gasteiger partial charge on any atom is 0.417 e. The molecule has 0 unspecified atom stereocenters. The Hall–Kier alpha value is -3.04. The first-order chi connectivity index (χ1) is 17.7. The van der Waals surface area contributed by atoms with Gasteiger partial charge in [0.15, 0.2) is 8.68 Å². The van der Waals surface area contributed by atoms with Crippen molar-refractivity contribution in [3.63, 3.8) is 0 Å². The van der Waals surface area contributed by atoms with Gasteiger partial charge in [-0.05, 0) is 43.2 Å². The number of ether oxygens (including phenoxy) is 2. The third-order valence-electron chi connectivity index (χ3n) is 4.99. The molecule has 1 amide bonds. The average molecular weight is 573 g/mol. The number of hydrogen-bond donors (Lipinski definition) is 1. The molecule has 0 spiro atoms. The smallest absolute Gasteiger partial charge is 0.417 e. The fraction of sp³-hybridized carbons (Fsp3) is 0.318. The number of pyridine rings is 1. The topological polar surface area (TPSA) is 115 Å². The third-order valence-corrected chi connectivity index (χ3v) is 8.45. The van der Waals surface area contributed by atoms with Crippen LogP contribution in [0.2, 0.25) is 0 Å². The van der Waals surface area contributed by atoms with E-state index in [0.717, 1.165) is 41.1 Å². The molecule has 37 heavy (non-hydrogen) atoms. The quantitative estimate of drug-likeness (QED) is 0.338. The highest BCUT2D eigenvalue weighted by Gasteiger charge is 2.31. The average Bonchev–Trinajstić information content (AvgIpc) is 3.31. The molecule has 1 fully saturated rings. The fourth-order valence-corrected chi connectivity index (χ4v) is 6.32. The summed E-state index contributed by atoms with van der Waals surface area (Å²) in [5.41, 5.74) is -0.869. The van der Waals surface area contributed by atoms with Gasteiger partial charge in [-0.3, -0.25) is 4.79 Å². The van der Waals surface area contributed by atoms with Gasteiger partial charge in [0.05, 0.1) is 11.3 Å². The minimum absolute atomic E-state index is 0.00209. The van der Waals surface area contributed by atoms with Crippen LogP contribution in [0.4, 0.5) is 18.0 Å². The molecule has 1 saturated heterocycles. The summed E-state index contributed by atoms with van der Waals surface area (Å²) >= 11 is 4.06. The minimum atomic E-state index is -4.47. The zero-order valence-electron chi connectivity index (χ0n) is 18.9. The number of aromatic nitrogens is 3. The van der Waals surface area contributed by atoms with Gasteiger partial charge in [0.1, 0.15) is 11.5 Å². The van der Waals surface area contributed by atoms with Gasteiger partial charge in [-0.15, -0.1) is 10.2 Å². The Kier molecular flexibility index (Phi) is 8.76. The molecule has 0 radical (unpaired) electrons. The molecule has 1 N–H and O–H groups in total. The van der Waals surface area contributed by atoms with Gasteiger partial charge in [-0.2, -0.15) is 13.2 Å². The molecule has 0 saturated carbocycles. The lowest BCUT2D eigenvalue weighted by Gasteiger charge is -2.30. The Morgan fingerprint density at radius 2 is 1.73 bits per heavy atom. The summed E-state index contributed by atoms with van der Waals surface area (Å²) < 4.78 is 50.2. The molecular formula is C22H19F3N4O5S3. The number of benzene rings is 1. The van der Waals surface area contributed by atoms with E-state index >= 15 is 0 Å². The SMILES string of the molecule is O=C(O)CSc1nnc(SC2CCN(C(=O)Oc3ccc(Oc4ccc(C(F)(F)F)cn4)cc3)CC2)s1. The second-order valence-corrected chi connectivity index (χ2v) is 11.4. The van der Waals surface area contributed by atoms with Gasteiger partial charge in [-0.1, -0.05) is 34.9 Å². The number of thioether (sulfide) groups is 2. The predicted octanol–water partition coefficient (Wildman–Crippen LogP) is 5.68. The molecular weight excluding hydrogens is 553 g/mol. The number of rotatable bonds is 8. The number of halogens is 3. The largest absolute Gasteiger partial charge is 0.481 e. The number of hydrogen-bond acceptors (Lipinski definition) is 10. The standard InChI is InChI=1S/C22H19F3N4O5S3/c23-22(24,25)13-1-6-17(26-11-13)33-14-2-4-15(5-3-14)34-21(32)29-9-7-16(8-10-29)36-20-28-27-19(37-20)35-12-18(30)31/h1-6,11,16H,7-10,12H2,(H,30,31). The highest BCUT2D eigenvalue weighted by molar-refractivity contribution is 8.03. The van der Waals surface area contributed by atoms with Crippen molar-refractivity contribution in [3.8, 4) is 17.4 Å². The van der Waals surface area contributed by atoms with Crippen LogP contribution in [0.15, 0.2) is 51.3 Å². The van der Waals surface area contributed by atoms with Crippen LogP contribution in [0.25, 0.3) is 0 Å². The second kappa shape index (κ2) is 12.0. The van der Waals surface area contributed by atoms with Gasteiger partial charge >= 0.3 is 18.2 Å². The van der Waals surface area contributed by atoms with Gasteiger partial charge in [0.25, 0.3) is 0 Å². The van der Waals surface area contributed by atoms with Gasteiger partial charge in [0.2, 0.25) is 5.88 Å². The van der Waals surface area contributed by atoms with Crippen molar-refractivity contribution in [1.82, 2.24) is 20.1 Å². The molecule has 0 bridgehead atoms. The number of carbonyl (C=O) groups is 2. The monoisotopic (exact) mass is 572 g/mol. The van der Waals surface area contributed by atoms with Crippen molar-refractivity contribution >= 4 is 46.9 Å². The first-order valence-corrected chi connectivity index (χ1v) is 13.5. The number of piperidine rings is 1. The zero-order valence-corrected chi connectivity index (χ0v) is 21.3. The molecule has 196 valence electrons. The van der Waals surface area contributed by atoms with Crippen molar-refractivity contribution in [2.24, 2.45) is 0 Å². The Morgan fingerprint density at radius 1 is 1.05 bits per heavy atom. The van der Waals surface area contributed by atoms with E-state index in [2.05, 4.69) is 15.2 Å². The van der Waals surface area contributed by atoms with Crippen LogP contribution in [-0.4, -0.2) is 61.3 Å². The van der Waals surface area contributed by atoms with Crippen molar-refractivity contribution < 1.29 is 37.3 Å². The van der Waals surface area contributed by atoms with E-state index in [1.165, 1.54) is 35.6 Å². The van der Waals surface area contributed by atoms with E-state index in [4.69, 9.17) is 14.6 Å². The van der Waals surface area contributed by atoms with Gasteiger partial charge in [-0.25, -0.2) is 9.78 Å². The molecule has 0 aliphatic carbocycles. The lowest BCUT2D eigenvalue weighted by atomic mass is 10.1. The predicted molar refractivity (Wildman–Crippen MR) is 130 cm³/mol. The molecule has 3 aromatic rings. The summed E-state index contributed by atoms with van der Waals surface area (Å²) in [4.78, 5) is 28.5. The van der Waals surface area contributed by atoms with Crippen LogP contribution in [0.1, 0.15) is 18.4 Å². The minimum Gasteiger partial charge on any atom is -0.481 e. The number of likely N-dealkylation sites (tertiary alicyclic amines) is 1. The summed E-state index contributed by atoms with van der Waals surface area (Å²) in [6.07, 6.45) is -2.78. The molecule has 4 rings (SSSR count).